The minimum atomic E-state index is 0. The molecule has 1 aromatic carbocycles. The molecule has 0 amide bonds. The van der Waals surface area contributed by atoms with E-state index in [9.17, 15) is 0 Å². The highest BCUT2D eigenvalue weighted by Crippen LogP contribution is 2.18. The Balaban J connectivity index is 0.00000256. The van der Waals surface area contributed by atoms with Crippen LogP contribution in [0.15, 0.2) is 37.0 Å². The molecule has 0 aliphatic carbocycles. The summed E-state index contributed by atoms with van der Waals surface area (Å²) in [5, 5.41) is 0. The van der Waals surface area contributed by atoms with E-state index < -0.39 is 0 Å². The van der Waals surface area contributed by atoms with Gasteiger partial charge in [-0.15, -0.1) is 0 Å². The molecule has 1 nitrogen and oxygen atoms in total. The van der Waals surface area contributed by atoms with Crippen LogP contribution in [0.1, 0.15) is 31.9 Å². The van der Waals surface area contributed by atoms with Gasteiger partial charge in [0.2, 0.25) is 0 Å². The van der Waals surface area contributed by atoms with Gasteiger partial charge in [0.15, 0.2) is 0 Å². The molecular weight excluding hydrogens is 230 g/mol. The topological polar surface area (TPSA) is 0 Å². The third-order valence-corrected chi connectivity index (χ3v) is 3.63. The fourth-order valence-electron chi connectivity index (χ4n) is 2.17. The lowest BCUT2D eigenvalue weighted by Crippen LogP contribution is -3.00. The Labute approximate surface area is 112 Å². The first-order valence-electron chi connectivity index (χ1n) is 6.27. The van der Waals surface area contributed by atoms with Gasteiger partial charge in [-0.05, 0) is 32.4 Å². The van der Waals surface area contributed by atoms with Gasteiger partial charge in [-0.25, -0.2) is 0 Å². The quantitative estimate of drug-likeness (QED) is 0.657. The fourth-order valence-corrected chi connectivity index (χ4v) is 2.17. The SMILES string of the molecule is C=C[N+](CC)(CC)Cc1ccccc1CC.[Cl-]. The van der Waals surface area contributed by atoms with E-state index in [4.69, 9.17) is 0 Å². The number of quaternary nitrogens is 1. The molecule has 0 aliphatic heterocycles. The molecule has 0 aliphatic rings. The maximum atomic E-state index is 4.00. The zero-order valence-electron chi connectivity index (χ0n) is 11.2. The molecule has 0 radical (unpaired) electrons. The van der Waals surface area contributed by atoms with Gasteiger partial charge >= 0.3 is 0 Å². The molecule has 0 heterocycles. The number of halogens is 1. The van der Waals surface area contributed by atoms with Crippen molar-refractivity contribution >= 4 is 0 Å². The molecule has 96 valence electrons. The van der Waals surface area contributed by atoms with Crippen LogP contribution < -0.4 is 12.4 Å². The molecule has 0 aromatic heterocycles. The van der Waals surface area contributed by atoms with Crippen molar-refractivity contribution in [2.24, 2.45) is 0 Å². The van der Waals surface area contributed by atoms with Crippen molar-refractivity contribution in [1.29, 1.82) is 0 Å². The zero-order chi connectivity index (χ0) is 12.0. The van der Waals surface area contributed by atoms with Gasteiger partial charge in [0.25, 0.3) is 0 Å². The molecule has 0 saturated carbocycles. The predicted molar refractivity (Wildman–Crippen MR) is 71.1 cm³/mol. The van der Waals surface area contributed by atoms with Crippen molar-refractivity contribution in [3.8, 4) is 0 Å². The van der Waals surface area contributed by atoms with Crippen molar-refractivity contribution in [2.75, 3.05) is 13.1 Å². The molecule has 0 unspecified atom stereocenters. The van der Waals surface area contributed by atoms with Crippen LogP contribution in [0, 0.1) is 0 Å². The van der Waals surface area contributed by atoms with Gasteiger partial charge in [-0.2, -0.15) is 0 Å². The van der Waals surface area contributed by atoms with Gasteiger partial charge in [0.1, 0.15) is 6.54 Å². The second-order valence-corrected chi connectivity index (χ2v) is 4.31. The largest absolute Gasteiger partial charge is 1.00 e. The Hall–Kier alpha value is -0.790. The lowest BCUT2D eigenvalue weighted by molar-refractivity contribution is -0.889. The maximum absolute atomic E-state index is 4.00. The van der Waals surface area contributed by atoms with Crippen LogP contribution >= 0.6 is 0 Å². The van der Waals surface area contributed by atoms with Crippen molar-refractivity contribution in [3.63, 3.8) is 0 Å². The first-order chi connectivity index (χ1) is 7.71. The molecule has 2 heteroatoms. The highest BCUT2D eigenvalue weighted by atomic mass is 35.5. The molecule has 0 fully saturated rings. The van der Waals surface area contributed by atoms with Crippen LogP contribution in [0.5, 0.6) is 0 Å². The fraction of sp³-hybridized carbons (Fsp3) is 0.467. The smallest absolute Gasteiger partial charge is 0.109 e. The Morgan fingerprint density at radius 3 is 2.00 bits per heavy atom. The number of hydrogen-bond acceptors (Lipinski definition) is 0. The molecule has 1 aromatic rings. The van der Waals surface area contributed by atoms with E-state index in [2.05, 4.69) is 57.8 Å². The summed E-state index contributed by atoms with van der Waals surface area (Å²) in [6, 6.07) is 8.75. The van der Waals surface area contributed by atoms with E-state index >= 15 is 0 Å². The average molecular weight is 254 g/mol. The molecule has 0 saturated heterocycles. The molecule has 0 spiro atoms. The van der Waals surface area contributed by atoms with E-state index in [1.54, 1.807) is 0 Å². The van der Waals surface area contributed by atoms with E-state index in [0.29, 0.717) is 0 Å². The van der Waals surface area contributed by atoms with E-state index in [0.717, 1.165) is 30.5 Å². The van der Waals surface area contributed by atoms with Crippen molar-refractivity contribution in [3.05, 3.63) is 48.2 Å². The Bertz CT molecular complexity index is 343. The monoisotopic (exact) mass is 253 g/mol. The number of rotatable bonds is 6. The summed E-state index contributed by atoms with van der Waals surface area (Å²) in [6.07, 6.45) is 3.20. The van der Waals surface area contributed by atoms with Crippen molar-refractivity contribution in [2.45, 2.75) is 33.7 Å². The van der Waals surface area contributed by atoms with Gasteiger partial charge in [-0.3, -0.25) is 4.48 Å². The minimum absolute atomic E-state index is 0. The lowest BCUT2D eigenvalue weighted by atomic mass is 10.0. The first-order valence-corrected chi connectivity index (χ1v) is 6.27. The summed E-state index contributed by atoms with van der Waals surface area (Å²) in [6.45, 7) is 14.0. The number of benzene rings is 1. The number of hydrogen-bond donors (Lipinski definition) is 0. The van der Waals surface area contributed by atoms with Gasteiger partial charge in [0, 0.05) is 5.56 Å². The van der Waals surface area contributed by atoms with E-state index in [1.807, 2.05) is 0 Å². The van der Waals surface area contributed by atoms with Gasteiger partial charge in [-0.1, -0.05) is 31.2 Å². The third-order valence-electron chi connectivity index (χ3n) is 3.63. The summed E-state index contributed by atoms with van der Waals surface area (Å²) < 4.78 is 0.969. The molecule has 0 N–H and O–H groups in total. The minimum Gasteiger partial charge on any atom is -1.00 e. The highest BCUT2D eigenvalue weighted by molar-refractivity contribution is 5.26. The van der Waals surface area contributed by atoms with Gasteiger partial charge in [0.05, 0.1) is 19.3 Å². The summed E-state index contributed by atoms with van der Waals surface area (Å²) in [4.78, 5) is 0. The summed E-state index contributed by atoms with van der Waals surface area (Å²) in [5.41, 5.74) is 2.93. The first kappa shape index (κ1) is 16.2. The van der Waals surface area contributed by atoms with Gasteiger partial charge < -0.3 is 12.4 Å². The molecule has 17 heavy (non-hydrogen) atoms. The summed E-state index contributed by atoms with van der Waals surface area (Å²) in [5.74, 6) is 0. The van der Waals surface area contributed by atoms with Crippen molar-refractivity contribution < 1.29 is 16.9 Å². The van der Waals surface area contributed by atoms with Crippen LogP contribution in [0.2, 0.25) is 0 Å². The molecule has 1 rings (SSSR count). The van der Waals surface area contributed by atoms with Crippen LogP contribution in [-0.4, -0.2) is 17.6 Å². The average Bonchev–Trinajstić information content (AvgIpc) is 2.36. The van der Waals surface area contributed by atoms with E-state index in [1.165, 1.54) is 11.1 Å². The van der Waals surface area contributed by atoms with Crippen LogP contribution in [0.4, 0.5) is 0 Å². The third kappa shape index (κ3) is 3.86. The van der Waals surface area contributed by atoms with Crippen LogP contribution in [0.25, 0.3) is 0 Å². The lowest BCUT2D eigenvalue weighted by Gasteiger charge is -2.33. The second kappa shape index (κ2) is 7.52. The molecular formula is C15H24ClN. The summed E-state index contributed by atoms with van der Waals surface area (Å²) in [7, 11) is 0. The Morgan fingerprint density at radius 1 is 1.06 bits per heavy atom. The predicted octanol–water partition coefficient (Wildman–Crippen LogP) is 0.753. The number of aryl methyl sites for hydroxylation is 1. The molecule has 0 bridgehead atoms. The number of nitrogens with zero attached hydrogens (tertiary/aromatic N) is 1. The van der Waals surface area contributed by atoms with E-state index in [-0.39, 0.29) is 12.4 Å². The maximum Gasteiger partial charge on any atom is 0.109 e. The summed E-state index contributed by atoms with van der Waals surface area (Å²) >= 11 is 0. The normalized spacial score (nSPS) is 10.8. The zero-order valence-corrected chi connectivity index (χ0v) is 12.0. The molecule has 0 atom stereocenters. The van der Waals surface area contributed by atoms with Crippen LogP contribution in [-0.2, 0) is 13.0 Å². The van der Waals surface area contributed by atoms with Crippen LogP contribution in [0.3, 0.4) is 0 Å². The standard InChI is InChI=1S/C15H24N.ClH/c1-5-14-11-9-10-12-15(14)13-16(6-2,7-3)8-4;/h6,9-12H,2,5,7-8,13H2,1,3-4H3;1H/q+1;/p-1. The second-order valence-electron chi connectivity index (χ2n) is 4.31. The highest BCUT2D eigenvalue weighted by Gasteiger charge is 2.20. The Kier molecular flexibility index (Phi) is 7.17. The van der Waals surface area contributed by atoms with Crippen molar-refractivity contribution in [1.82, 2.24) is 0 Å². The Morgan fingerprint density at radius 2 is 1.59 bits per heavy atom.